The molecule has 3 atom stereocenters. The molecule has 1 saturated carbocycles. The molecule has 140 valence electrons. The van der Waals surface area contributed by atoms with Crippen LogP contribution in [0.2, 0.25) is 5.02 Å². The SMILES string of the molecule is Cc1cc(Cl)cc(-c2ccnc3cc(CO)sc23)c1OC1C[C@@H]2C[C@H](C1)N2. The Kier molecular flexibility index (Phi) is 4.36. The van der Waals surface area contributed by atoms with E-state index < -0.39 is 0 Å². The number of halogens is 1. The summed E-state index contributed by atoms with van der Waals surface area (Å²) in [5.74, 6) is 0.914. The number of nitrogens with one attached hydrogen (secondary N) is 1. The summed E-state index contributed by atoms with van der Waals surface area (Å²) >= 11 is 7.98. The van der Waals surface area contributed by atoms with Crippen LogP contribution in [0.3, 0.4) is 0 Å². The zero-order valence-electron chi connectivity index (χ0n) is 15.0. The van der Waals surface area contributed by atoms with Crippen LogP contribution >= 0.6 is 22.9 Å². The molecule has 6 rings (SSSR count). The Morgan fingerprint density at radius 2 is 2.00 bits per heavy atom. The summed E-state index contributed by atoms with van der Waals surface area (Å²) in [6, 6.07) is 9.11. The van der Waals surface area contributed by atoms with E-state index in [0.717, 1.165) is 50.4 Å². The van der Waals surface area contributed by atoms with E-state index in [2.05, 4.69) is 17.2 Å². The molecule has 2 aliphatic heterocycles. The summed E-state index contributed by atoms with van der Waals surface area (Å²) in [5.41, 5.74) is 4.01. The first-order valence-corrected chi connectivity index (χ1v) is 10.5. The molecule has 2 saturated heterocycles. The van der Waals surface area contributed by atoms with E-state index in [9.17, 15) is 5.11 Å². The third-order valence-corrected chi connectivity index (χ3v) is 6.93. The summed E-state index contributed by atoms with van der Waals surface area (Å²) in [6.07, 6.45) is 5.43. The average molecular weight is 401 g/mol. The van der Waals surface area contributed by atoms with E-state index in [1.54, 1.807) is 11.3 Å². The lowest BCUT2D eigenvalue weighted by Gasteiger charge is -2.46. The molecule has 4 heterocycles. The normalized spacial score (nSPS) is 24.0. The van der Waals surface area contributed by atoms with E-state index in [-0.39, 0.29) is 12.7 Å². The molecule has 6 heteroatoms. The number of hydrogen-bond acceptors (Lipinski definition) is 5. The minimum absolute atomic E-state index is 0.0241. The Bertz CT molecular complexity index is 1000. The highest BCUT2D eigenvalue weighted by atomic mass is 35.5. The van der Waals surface area contributed by atoms with Crippen LogP contribution in [0, 0.1) is 6.92 Å². The zero-order valence-corrected chi connectivity index (χ0v) is 16.6. The number of benzene rings is 1. The van der Waals surface area contributed by atoms with Crippen molar-refractivity contribution in [3.63, 3.8) is 0 Å². The van der Waals surface area contributed by atoms with Gasteiger partial charge in [-0.25, -0.2) is 0 Å². The number of nitrogens with zero attached hydrogens (tertiary/aromatic N) is 1. The monoisotopic (exact) mass is 400 g/mol. The lowest BCUT2D eigenvalue weighted by Crippen LogP contribution is -2.60. The van der Waals surface area contributed by atoms with Gasteiger partial charge < -0.3 is 15.2 Å². The molecule has 0 amide bonds. The molecule has 4 nitrogen and oxygen atoms in total. The Balaban J connectivity index is 1.60. The number of aryl methyl sites for hydroxylation is 1. The zero-order chi connectivity index (χ0) is 18.5. The summed E-state index contributed by atoms with van der Waals surface area (Å²) in [6.45, 7) is 2.08. The fourth-order valence-electron chi connectivity index (χ4n) is 4.34. The van der Waals surface area contributed by atoms with Gasteiger partial charge in [-0.2, -0.15) is 0 Å². The number of pyridine rings is 1. The van der Waals surface area contributed by atoms with E-state index in [1.807, 2.05) is 30.5 Å². The number of hydrogen-bond donors (Lipinski definition) is 2. The average Bonchev–Trinajstić information content (AvgIpc) is 3.06. The van der Waals surface area contributed by atoms with Crippen LogP contribution in [0.15, 0.2) is 30.5 Å². The number of aliphatic hydroxyl groups excluding tert-OH is 1. The van der Waals surface area contributed by atoms with Gasteiger partial charge in [0.05, 0.1) is 16.8 Å². The van der Waals surface area contributed by atoms with Gasteiger partial charge in [0, 0.05) is 39.3 Å². The third kappa shape index (κ3) is 3.13. The molecule has 3 fully saturated rings. The molecular formula is C21H21ClN2O2S. The molecule has 3 aromatic rings. The standard InChI is InChI=1S/C21H21ClN2O2S/c1-11-4-12(22)5-18(20(11)26-15-7-13-6-14(8-15)24-13)17-2-3-23-19-9-16(10-25)27-21(17)19/h2-5,9,13-15,24-25H,6-8,10H2,1H3/t13-,14+,15?. The number of aliphatic hydroxyl groups is 1. The molecule has 1 aliphatic carbocycles. The molecule has 2 aromatic heterocycles. The largest absolute Gasteiger partial charge is 0.489 e. The Hall–Kier alpha value is -1.66. The third-order valence-electron chi connectivity index (χ3n) is 5.57. The number of rotatable bonds is 4. The highest BCUT2D eigenvalue weighted by molar-refractivity contribution is 7.19. The maximum Gasteiger partial charge on any atom is 0.130 e. The summed E-state index contributed by atoms with van der Waals surface area (Å²) in [5, 5.41) is 13.8. The van der Waals surface area contributed by atoms with Crippen LogP contribution in [0.25, 0.3) is 21.3 Å². The topological polar surface area (TPSA) is 54.4 Å². The minimum Gasteiger partial charge on any atom is -0.489 e. The first-order valence-electron chi connectivity index (χ1n) is 9.32. The second-order valence-corrected chi connectivity index (χ2v) is 9.12. The molecule has 2 bridgehead atoms. The Morgan fingerprint density at radius 3 is 2.74 bits per heavy atom. The maximum absolute atomic E-state index is 9.52. The minimum atomic E-state index is 0.0241. The van der Waals surface area contributed by atoms with E-state index in [0.29, 0.717) is 17.1 Å². The van der Waals surface area contributed by atoms with Crippen molar-refractivity contribution in [1.82, 2.24) is 10.3 Å². The number of aromatic nitrogens is 1. The van der Waals surface area contributed by atoms with Crippen LogP contribution in [-0.4, -0.2) is 28.3 Å². The molecule has 3 aliphatic rings. The van der Waals surface area contributed by atoms with Crippen molar-refractivity contribution < 1.29 is 9.84 Å². The van der Waals surface area contributed by atoms with Gasteiger partial charge in [-0.1, -0.05) is 11.6 Å². The second kappa shape index (κ2) is 6.74. The first kappa shape index (κ1) is 17.4. The fraction of sp³-hybridized carbons (Fsp3) is 0.381. The molecule has 1 unspecified atom stereocenters. The lowest BCUT2D eigenvalue weighted by molar-refractivity contribution is 0.0555. The lowest BCUT2D eigenvalue weighted by atomic mass is 9.81. The van der Waals surface area contributed by atoms with Gasteiger partial charge in [0.1, 0.15) is 11.9 Å². The van der Waals surface area contributed by atoms with Crippen molar-refractivity contribution in [2.24, 2.45) is 0 Å². The van der Waals surface area contributed by atoms with Crippen molar-refractivity contribution in [3.05, 3.63) is 45.9 Å². The number of piperidine rings is 1. The van der Waals surface area contributed by atoms with E-state index in [4.69, 9.17) is 16.3 Å². The van der Waals surface area contributed by atoms with Gasteiger partial charge >= 0.3 is 0 Å². The Morgan fingerprint density at radius 1 is 1.22 bits per heavy atom. The van der Waals surface area contributed by atoms with Crippen molar-refractivity contribution >= 4 is 33.2 Å². The number of ether oxygens (including phenoxy) is 1. The maximum atomic E-state index is 9.52. The van der Waals surface area contributed by atoms with E-state index >= 15 is 0 Å². The van der Waals surface area contributed by atoms with Gasteiger partial charge in [0.25, 0.3) is 0 Å². The van der Waals surface area contributed by atoms with Crippen molar-refractivity contribution in [1.29, 1.82) is 0 Å². The predicted octanol–water partition coefficient (Wildman–Crippen LogP) is 4.69. The van der Waals surface area contributed by atoms with Crippen LogP contribution in [0.4, 0.5) is 0 Å². The quantitative estimate of drug-likeness (QED) is 0.667. The first-order chi connectivity index (χ1) is 13.1. The van der Waals surface area contributed by atoms with Crippen molar-refractivity contribution in [2.75, 3.05) is 0 Å². The van der Waals surface area contributed by atoms with E-state index in [1.165, 1.54) is 6.42 Å². The van der Waals surface area contributed by atoms with Gasteiger partial charge in [0.15, 0.2) is 0 Å². The highest BCUT2D eigenvalue weighted by Gasteiger charge is 2.39. The number of fused-ring (bicyclic) bond motifs is 3. The van der Waals surface area contributed by atoms with Crippen molar-refractivity contribution in [2.45, 2.75) is 51.0 Å². The van der Waals surface area contributed by atoms with Crippen LogP contribution in [-0.2, 0) is 6.61 Å². The summed E-state index contributed by atoms with van der Waals surface area (Å²) in [7, 11) is 0. The molecule has 2 N–H and O–H groups in total. The molecule has 27 heavy (non-hydrogen) atoms. The van der Waals surface area contributed by atoms with Gasteiger partial charge in [-0.3, -0.25) is 4.98 Å². The molecule has 0 spiro atoms. The molecule has 1 aromatic carbocycles. The van der Waals surface area contributed by atoms with Gasteiger partial charge in [-0.05, 0) is 56.0 Å². The summed E-state index contributed by atoms with van der Waals surface area (Å²) < 4.78 is 7.60. The highest BCUT2D eigenvalue weighted by Crippen LogP contribution is 2.43. The second-order valence-electron chi connectivity index (χ2n) is 7.55. The summed E-state index contributed by atoms with van der Waals surface area (Å²) in [4.78, 5) is 5.37. The van der Waals surface area contributed by atoms with Crippen LogP contribution < -0.4 is 10.1 Å². The van der Waals surface area contributed by atoms with Crippen LogP contribution in [0.5, 0.6) is 5.75 Å². The smallest absolute Gasteiger partial charge is 0.130 e. The van der Waals surface area contributed by atoms with Crippen molar-refractivity contribution in [3.8, 4) is 16.9 Å². The van der Waals surface area contributed by atoms with Gasteiger partial charge in [-0.15, -0.1) is 11.3 Å². The fourth-order valence-corrected chi connectivity index (χ4v) is 5.61. The van der Waals surface area contributed by atoms with Gasteiger partial charge in [0.2, 0.25) is 0 Å². The number of thiophene rings is 1. The molecular weight excluding hydrogens is 380 g/mol. The van der Waals surface area contributed by atoms with Crippen LogP contribution in [0.1, 0.15) is 29.7 Å². The predicted molar refractivity (Wildman–Crippen MR) is 110 cm³/mol. The molecule has 0 radical (unpaired) electrons. The Labute approximate surface area is 167 Å².